The van der Waals surface area contributed by atoms with Crippen LogP contribution in [0.15, 0.2) is 18.7 Å². The Bertz CT molecular complexity index is 302. The van der Waals surface area contributed by atoms with Crippen LogP contribution in [0.3, 0.4) is 0 Å². The lowest BCUT2D eigenvalue weighted by Gasteiger charge is -2.12. The molecule has 13 heavy (non-hydrogen) atoms. The molecule has 1 aliphatic rings. The van der Waals surface area contributed by atoms with Gasteiger partial charge in [-0.3, -0.25) is 9.63 Å². The van der Waals surface area contributed by atoms with E-state index >= 15 is 0 Å². The monoisotopic (exact) mass is 179 g/mol. The van der Waals surface area contributed by atoms with Crippen LogP contribution in [0.1, 0.15) is 12.0 Å². The second kappa shape index (κ2) is 3.49. The summed E-state index contributed by atoms with van der Waals surface area (Å²) in [6.07, 6.45) is 5.26. The van der Waals surface area contributed by atoms with Crippen molar-refractivity contribution >= 4 is 5.91 Å². The fourth-order valence-corrected chi connectivity index (χ4v) is 1.15. The highest BCUT2D eigenvalue weighted by atomic mass is 16.7. The van der Waals surface area contributed by atoms with Crippen molar-refractivity contribution < 1.29 is 9.63 Å². The molecular weight excluding hydrogens is 170 g/mol. The van der Waals surface area contributed by atoms with Crippen LogP contribution in [-0.4, -0.2) is 27.5 Å². The molecule has 1 aromatic rings. The molecule has 0 unspecified atom stereocenters. The molecule has 2 heterocycles. The highest BCUT2D eigenvalue weighted by Crippen LogP contribution is 2.10. The van der Waals surface area contributed by atoms with Crippen molar-refractivity contribution in [1.29, 1.82) is 0 Å². The molecule has 2 rings (SSSR count). The molecule has 0 N–H and O–H groups in total. The average molecular weight is 179 g/mol. The van der Waals surface area contributed by atoms with Crippen molar-refractivity contribution in [2.75, 3.05) is 6.61 Å². The summed E-state index contributed by atoms with van der Waals surface area (Å²) in [6, 6.07) is 0. The largest absolute Gasteiger partial charge is 0.272 e. The van der Waals surface area contributed by atoms with Crippen molar-refractivity contribution in [3.8, 4) is 0 Å². The summed E-state index contributed by atoms with van der Waals surface area (Å²) in [5.41, 5.74) is 0.873. The number of hydrogen-bond acceptors (Lipinski definition) is 4. The van der Waals surface area contributed by atoms with Crippen LogP contribution in [0, 0.1) is 0 Å². The van der Waals surface area contributed by atoms with E-state index in [9.17, 15) is 4.79 Å². The van der Waals surface area contributed by atoms with Crippen LogP contribution in [0.25, 0.3) is 0 Å². The summed E-state index contributed by atoms with van der Waals surface area (Å²) in [7, 11) is 0. The number of nitrogens with zero attached hydrogens (tertiary/aromatic N) is 3. The van der Waals surface area contributed by atoms with E-state index in [4.69, 9.17) is 4.84 Å². The molecule has 5 heteroatoms. The van der Waals surface area contributed by atoms with E-state index < -0.39 is 0 Å². The van der Waals surface area contributed by atoms with Gasteiger partial charge in [-0.25, -0.2) is 15.0 Å². The van der Waals surface area contributed by atoms with Gasteiger partial charge in [0.15, 0.2) is 0 Å². The van der Waals surface area contributed by atoms with Crippen molar-refractivity contribution in [1.82, 2.24) is 15.0 Å². The Balaban J connectivity index is 2.02. The van der Waals surface area contributed by atoms with Crippen molar-refractivity contribution in [2.45, 2.75) is 13.0 Å². The molecule has 0 aliphatic carbocycles. The van der Waals surface area contributed by atoms with Gasteiger partial charge in [-0.15, -0.1) is 0 Å². The molecule has 68 valence electrons. The molecule has 0 saturated carbocycles. The highest BCUT2D eigenvalue weighted by molar-refractivity contribution is 5.76. The Morgan fingerprint density at radius 3 is 2.85 bits per heavy atom. The molecule has 0 radical (unpaired) electrons. The zero-order valence-electron chi connectivity index (χ0n) is 7.01. The number of hydrogen-bond donors (Lipinski definition) is 0. The molecule has 5 nitrogen and oxygen atoms in total. The summed E-state index contributed by atoms with van der Waals surface area (Å²) in [4.78, 5) is 23.9. The molecule has 0 bridgehead atoms. The minimum atomic E-state index is 0.0175. The van der Waals surface area contributed by atoms with Crippen molar-refractivity contribution in [3.05, 3.63) is 24.3 Å². The third kappa shape index (κ3) is 1.81. The Kier molecular flexibility index (Phi) is 2.18. The topological polar surface area (TPSA) is 55.3 Å². The molecular formula is C8H9N3O2. The van der Waals surface area contributed by atoms with E-state index in [1.165, 1.54) is 11.4 Å². The SMILES string of the molecule is O=C1CCON1Cc1cncnc1. The first-order valence-electron chi connectivity index (χ1n) is 4.03. The smallest absolute Gasteiger partial charge is 0.248 e. The first-order chi connectivity index (χ1) is 6.36. The van der Waals surface area contributed by atoms with Gasteiger partial charge in [-0.05, 0) is 0 Å². The molecule has 1 aromatic heterocycles. The van der Waals surface area contributed by atoms with Crippen LogP contribution in [0.5, 0.6) is 0 Å². The number of rotatable bonds is 2. The standard InChI is InChI=1S/C8H9N3O2/c12-8-1-2-13-11(8)5-7-3-9-6-10-4-7/h3-4,6H,1-2,5H2. The van der Waals surface area contributed by atoms with Crippen LogP contribution in [0.2, 0.25) is 0 Å². The average Bonchev–Trinajstić information content (AvgIpc) is 2.54. The van der Waals surface area contributed by atoms with Gasteiger partial charge in [0.25, 0.3) is 0 Å². The number of carbonyl (C=O) groups excluding carboxylic acids is 1. The van der Waals surface area contributed by atoms with Gasteiger partial charge in [-0.2, -0.15) is 0 Å². The lowest BCUT2D eigenvalue weighted by molar-refractivity contribution is -0.164. The Labute approximate surface area is 75.3 Å². The minimum Gasteiger partial charge on any atom is -0.272 e. The maximum absolute atomic E-state index is 11.1. The van der Waals surface area contributed by atoms with Gasteiger partial charge in [0.2, 0.25) is 5.91 Å². The first-order valence-corrected chi connectivity index (χ1v) is 4.03. The number of carbonyl (C=O) groups is 1. The van der Waals surface area contributed by atoms with Gasteiger partial charge in [-0.1, -0.05) is 0 Å². The number of amides is 1. The highest BCUT2D eigenvalue weighted by Gasteiger charge is 2.21. The second-order valence-corrected chi connectivity index (χ2v) is 2.76. The van der Waals surface area contributed by atoms with Gasteiger partial charge < -0.3 is 0 Å². The summed E-state index contributed by atoms with van der Waals surface area (Å²) < 4.78 is 0. The lowest BCUT2D eigenvalue weighted by atomic mass is 10.3. The molecule has 0 atom stereocenters. The zero-order valence-corrected chi connectivity index (χ0v) is 7.01. The quantitative estimate of drug-likeness (QED) is 0.648. The Morgan fingerprint density at radius 2 is 2.23 bits per heavy atom. The number of aromatic nitrogens is 2. The second-order valence-electron chi connectivity index (χ2n) is 2.76. The maximum Gasteiger partial charge on any atom is 0.248 e. The molecule has 1 amide bonds. The number of hydroxylamine groups is 2. The fraction of sp³-hybridized carbons (Fsp3) is 0.375. The van der Waals surface area contributed by atoms with Gasteiger partial charge in [0, 0.05) is 18.0 Å². The summed E-state index contributed by atoms with van der Waals surface area (Å²) in [5, 5.41) is 1.35. The first kappa shape index (κ1) is 8.12. The van der Waals surface area contributed by atoms with E-state index in [0.717, 1.165) is 5.56 Å². The third-order valence-corrected chi connectivity index (χ3v) is 1.78. The fourth-order valence-electron chi connectivity index (χ4n) is 1.15. The van der Waals surface area contributed by atoms with Crippen LogP contribution in [0.4, 0.5) is 0 Å². The van der Waals surface area contributed by atoms with Crippen LogP contribution >= 0.6 is 0 Å². The minimum absolute atomic E-state index is 0.0175. The van der Waals surface area contributed by atoms with E-state index in [0.29, 0.717) is 19.6 Å². The van der Waals surface area contributed by atoms with Gasteiger partial charge in [0.1, 0.15) is 6.33 Å². The maximum atomic E-state index is 11.1. The molecule has 0 spiro atoms. The summed E-state index contributed by atoms with van der Waals surface area (Å²) in [5.74, 6) is 0.0175. The summed E-state index contributed by atoms with van der Waals surface area (Å²) in [6.45, 7) is 0.909. The molecule has 0 aromatic carbocycles. The van der Waals surface area contributed by atoms with E-state index in [-0.39, 0.29) is 5.91 Å². The van der Waals surface area contributed by atoms with E-state index in [1.807, 2.05) is 0 Å². The third-order valence-electron chi connectivity index (χ3n) is 1.78. The summed E-state index contributed by atoms with van der Waals surface area (Å²) >= 11 is 0. The van der Waals surface area contributed by atoms with Gasteiger partial charge >= 0.3 is 0 Å². The van der Waals surface area contributed by atoms with E-state index in [2.05, 4.69) is 9.97 Å². The van der Waals surface area contributed by atoms with Crippen LogP contribution < -0.4 is 0 Å². The van der Waals surface area contributed by atoms with E-state index in [1.54, 1.807) is 12.4 Å². The molecule has 1 aliphatic heterocycles. The molecule has 1 saturated heterocycles. The predicted molar refractivity (Wildman–Crippen MR) is 43.2 cm³/mol. The van der Waals surface area contributed by atoms with Crippen LogP contribution in [-0.2, 0) is 16.2 Å². The van der Waals surface area contributed by atoms with Crippen molar-refractivity contribution in [2.24, 2.45) is 0 Å². The predicted octanol–water partition coefficient (Wildman–Crippen LogP) is 0.141. The Morgan fingerprint density at radius 1 is 1.46 bits per heavy atom. The normalized spacial score (nSPS) is 16.6. The molecule has 1 fully saturated rings. The Hall–Kier alpha value is -1.49. The lowest BCUT2D eigenvalue weighted by Crippen LogP contribution is -2.22. The van der Waals surface area contributed by atoms with Gasteiger partial charge in [0.05, 0.1) is 19.6 Å². The zero-order chi connectivity index (χ0) is 9.10. The van der Waals surface area contributed by atoms with Crippen molar-refractivity contribution in [3.63, 3.8) is 0 Å².